The van der Waals surface area contributed by atoms with Crippen LogP contribution in [0, 0.1) is 5.92 Å². The van der Waals surface area contributed by atoms with Gasteiger partial charge in [0.15, 0.2) is 0 Å². The number of hydrogen-bond donors (Lipinski definition) is 0. The third-order valence-corrected chi connectivity index (χ3v) is 2.28. The van der Waals surface area contributed by atoms with E-state index in [0.717, 1.165) is 6.42 Å². The summed E-state index contributed by atoms with van der Waals surface area (Å²) in [7, 11) is -0.741. The van der Waals surface area contributed by atoms with Crippen LogP contribution in [0.1, 0.15) is 20.3 Å². The zero-order valence-corrected chi connectivity index (χ0v) is 8.65. The van der Waals surface area contributed by atoms with E-state index in [4.69, 9.17) is 4.74 Å². The van der Waals surface area contributed by atoms with Crippen LogP contribution in [0.3, 0.4) is 0 Å². The maximum atomic E-state index is 10.7. The Morgan fingerprint density at radius 1 is 1.58 bits per heavy atom. The molecule has 0 bridgehead atoms. The van der Waals surface area contributed by atoms with Crippen molar-refractivity contribution in [1.82, 2.24) is 0 Å². The van der Waals surface area contributed by atoms with Gasteiger partial charge in [0.25, 0.3) is 0 Å². The lowest BCUT2D eigenvalue weighted by atomic mass is 10.1. The Bertz CT molecular complexity index is 150. The highest BCUT2D eigenvalue weighted by Gasteiger charge is 2.04. The molecule has 0 aliphatic heterocycles. The first-order valence-corrected chi connectivity index (χ1v) is 5.68. The number of carbonyl (C=O) groups excluding carboxylic acids is 1. The first-order chi connectivity index (χ1) is 5.52. The van der Waals surface area contributed by atoms with E-state index in [1.165, 1.54) is 6.92 Å². The molecule has 0 radical (unpaired) electrons. The lowest BCUT2D eigenvalue weighted by molar-refractivity contribution is -0.142. The van der Waals surface area contributed by atoms with Crippen molar-refractivity contribution in [3.05, 3.63) is 0 Å². The van der Waals surface area contributed by atoms with Crippen molar-refractivity contribution in [3.63, 3.8) is 0 Å². The van der Waals surface area contributed by atoms with Crippen LogP contribution in [0.2, 0.25) is 0 Å². The smallest absolute Gasteiger partial charge is 0.302 e. The second-order valence-corrected chi connectivity index (χ2v) is 4.53. The van der Waals surface area contributed by atoms with Crippen LogP contribution in [0.4, 0.5) is 0 Å². The Morgan fingerprint density at radius 3 is 2.58 bits per heavy atom. The number of esters is 1. The Kier molecular flexibility index (Phi) is 5.98. The van der Waals surface area contributed by atoms with Crippen LogP contribution in [0.5, 0.6) is 0 Å². The number of hydrogen-bond acceptors (Lipinski definition) is 3. The van der Waals surface area contributed by atoms with Crippen LogP contribution < -0.4 is 0 Å². The second-order valence-electron chi connectivity index (χ2n) is 2.97. The Labute approximate surface area is 75.9 Å². The normalized spacial score (nSPS) is 15.2. The molecule has 2 atom stereocenters. The molecule has 12 heavy (non-hydrogen) atoms. The van der Waals surface area contributed by atoms with Crippen molar-refractivity contribution in [1.29, 1.82) is 0 Å². The van der Waals surface area contributed by atoms with Crippen molar-refractivity contribution >= 4 is 16.8 Å². The highest BCUT2D eigenvalue weighted by atomic mass is 32.2. The van der Waals surface area contributed by atoms with Gasteiger partial charge in [-0.3, -0.25) is 9.00 Å². The number of carbonyl (C=O) groups is 1. The van der Waals surface area contributed by atoms with E-state index in [9.17, 15) is 9.00 Å². The maximum absolute atomic E-state index is 10.7. The zero-order valence-electron chi connectivity index (χ0n) is 7.83. The molecule has 2 unspecified atom stereocenters. The van der Waals surface area contributed by atoms with Gasteiger partial charge < -0.3 is 4.74 Å². The number of ether oxygens (including phenoxy) is 1. The van der Waals surface area contributed by atoms with Crippen molar-refractivity contribution in [3.8, 4) is 0 Å². The maximum Gasteiger partial charge on any atom is 0.302 e. The molecular weight excluding hydrogens is 176 g/mol. The van der Waals surface area contributed by atoms with Gasteiger partial charge in [0, 0.05) is 29.7 Å². The summed E-state index contributed by atoms with van der Waals surface area (Å²) in [6, 6.07) is 0. The zero-order chi connectivity index (χ0) is 9.56. The fourth-order valence-corrected chi connectivity index (χ4v) is 1.44. The molecule has 3 nitrogen and oxygen atoms in total. The molecule has 0 aromatic carbocycles. The third-order valence-electron chi connectivity index (χ3n) is 1.47. The molecule has 0 aromatic heterocycles. The summed E-state index contributed by atoms with van der Waals surface area (Å²) < 4.78 is 15.5. The monoisotopic (exact) mass is 192 g/mol. The summed E-state index contributed by atoms with van der Waals surface area (Å²) in [6.45, 7) is 3.81. The average molecular weight is 192 g/mol. The largest absolute Gasteiger partial charge is 0.466 e. The van der Waals surface area contributed by atoms with E-state index in [-0.39, 0.29) is 5.97 Å². The fourth-order valence-electron chi connectivity index (χ4n) is 0.710. The van der Waals surface area contributed by atoms with Crippen LogP contribution in [-0.2, 0) is 20.3 Å². The summed E-state index contributed by atoms with van der Waals surface area (Å²) in [4.78, 5) is 10.4. The molecule has 0 rings (SSSR count). The molecule has 0 saturated carbocycles. The lowest BCUT2D eigenvalue weighted by Gasteiger charge is -2.09. The van der Waals surface area contributed by atoms with Crippen molar-refractivity contribution in [2.24, 2.45) is 5.92 Å². The Morgan fingerprint density at radius 2 is 2.17 bits per heavy atom. The fraction of sp³-hybridized carbons (Fsp3) is 0.875. The van der Waals surface area contributed by atoms with E-state index in [1.807, 2.05) is 6.92 Å². The highest BCUT2D eigenvalue weighted by molar-refractivity contribution is 7.84. The molecule has 0 aliphatic carbocycles. The molecular formula is C8H16O3S. The minimum absolute atomic E-state index is 0.250. The van der Waals surface area contributed by atoms with Gasteiger partial charge in [0.1, 0.15) is 0 Å². The summed E-state index contributed by atoms with van der Waals surface area (Å²) in [6.07, 6.45) is 2.52. The first kappa shape index (κ1) is 11.6. The van der Waals surface area contributed by atoms with E-state index in [0.29, 0.717) is 18.3 Å². The van der Waals surface area contributed by atoms with E-state index < -0.39 is 10.8 Å². The topological polar surface area (TPSA) is 43.4 Å². The van der Waals surface area contributed by atoms with Crippen LogP contribution in [-0.4, -0.2) is 28.8 Å². The minimum Gasteiger partial charge on any atom is -0.466 e. The summed E-state index contributed by atoms with van der Waals surface area (Å²) in [5, 5.41) is 0. The van der Waals surface area contributed by atoms with E-state index >= 15 is 0 Å². The molecule has 4 heteroatoms. The molecule has 0 amide bonds. The molecule has 0 N–H and O–H groups in total. The Balaban J connectivity index is 3.39. The van der Waals surface area contributed by atoms with Gasteiger partial charge in [0.2, 0.25) is 0 Å². The molecule has 0 saturated heterocycles. The molecule has 72 valence electrons. The number of rotatable bonds is 5. The molecule has 0 fully saturated rings. The van der Waals surface area contributed by atoms with Gasteiger partial charge in [-0.1, -0.05) is 6.92 Å². The lowest BCUT2D eigenvalue weighted by Crippen LogP contribution is -2.11. The van der Waals surface area contributed by atoms with Crippen molar-refractivity contribution in [2.45, 2.75) is 20.3 Å². The van der Waals surface area contributed by atoms with Crippen molar-refractivity contribution < 1.29 is 13.7 Å². The predicted octanol–water partition coefficient (Wildman–Crippen LogP) is 0.954. The van der Waals surface area contributed by atoms with E-state index in [2.05, 4.69) is 0 Å². The molecule has 0 heterocycles. The predicted molar refractivity (Wildman–Crippen MR) is 49.3 cm³/mol. The van der Waals surface area contributed by atoms with E-state index in [1.54, 1.807) is 6.26 Å². The molecule has 0 spiro atoms. The van der Waals surface area contributed by atoms with Gasteiger partial charge in [-0.25, -0.2) is 0 Å². The van der Waals surface area contributed by atoms with Gasteiger partial charge in [0.05, 0.1) is 6.61 Å². The van der Waals surface area contributed by atoms with Gasteiger partial charge in [-0.05, 0) is 12.3 Å². The molecule has 0 aliphatic rings. The Hall–Kier alpha value is -0.380. The summed E-state index contributed by atoms with van der Waals surface area (Å²) in [5.41, 5.74) is 0. The molecule has 0 aromatic rings. The SMILES string of the molecule is CC(=O)OCC(C)CCS(C)=O. The van der Waals surface area contributed by atoms with Gasteiger partial charge in [-0.2, -0.15) is 0 Å². The summed E-state index contributed by atoms with van der Waals surface area (Å²) in [5.74, 6) is 0.736. The van der Waals surface area contributed by atoms with Crippen molar-refractivity contribution in [2.75, 3.05) is 18.6 Å². The first-order valence-electron chi connectivity index (χ1n) is 3.95. The summed E-state index contributed by atoms with van der Waals surface area (Å²) >= 11 is 0. The highest BCUT2D eigenvalue weighted by Crippen LogP contribution is 2.03. The standard InChI is InChI=1S/C8H16O3S/c1-7(4-5-12(3)10)6-11-8(2)9/h7H,4-6H2,1-3H3. The quantitative estimate of drug-likeness (QED) is 0.609. The van der Waals surface area contributed by atoms with Crippen LogP contribution >= 0.6 is 0 Å². The van der Waals surface area contributed by atoms with Crippen LogP contribution in [0.15, 0.2) is 0 Å². The average Bonchev–Trinajstić information content (AvgIpc) is 1.96. The minimum atomic E-state index is -0.741. The second kappa shape index (κ2) is 6.17. The van der Waals surface area contributed by atoms with Crippen LogP contribution in [0.25, 0.3) is 0 Å². The van der Waals surface area contributed by atoms with Gasteiger partial charge in [-0.15, -0.1) is 0 Å². The van der Waals surface area contributed by atoms with Gasteiger partial charge >= 0.3 is 5.97 Å². The third kappa shape index (κ3) is 7.72.